The Morgan fingerprint density at radius 2 is 1.81 bits per heavy atom. The number of allylic oxidation sites excluding steroid dienone is 2. The zero-order valence-corrected chi connectivity index (χ0v) is 10.6. The lowest BCUT2D eigenvalue weighted by molar-refractivity contribution is 0.337. The Kier molecular flexibility index (Phi) is 3.78. The molecule has 0 aromatic carbocycles. The third kappa shape index (κ3) is 2.72. The van der Waals surface area contributed by atoms with Crippen molar-refractivity contribution in [3.05, 3.63) is 11.5 Å². The molecular weight excluding hydrogens is 198 g/mol. The minimum absolute atomic E-state index is 0.622. The molecule has 0 aliphatic heterocycles. The summed E-state index contributed by atoms with van der Waals surface area (Å²) in [6.07, 6.45) is 8.58. The van der Waals surface area contributed by atoms with E-state index in [1.54, 1.807) is 0 Å². The lowest BCUT2D eigenvalue weighted by atomic mass is 9.92. The Labute approximate surface area is 99.1 Å². The Morgan fingerprint density at radius 3 is 2.38 bits per heavy atom. The molecular formula is C14H25NO. The molecule has 0 amide bonds. The van der Waals surface area contributed by atoms with Gasteiger partial charge in [0.15, 0.2) is 0 Å². The van der Waals surface area contributed by atoms with Gasteiger partial charge in [0, 0.05) is 18.2 Å². The van der Waals surface area contributed by atoms with Crippen molar-refractivity contribution >= 4 is 0 Å². The first-order valence-electron chi connectivity index (χ1n) is 6.84. The molecule has 0 radical (unpaired) electrons. The van der Waals surface area contributed by atoms with Crippen LogP contribution in [0.3, 0.4) is 0 Å². The van der Waals surface area contributed by atoms with E-state index in [2.05, 4.69) is 19.2 Å². The van der Waals surface area contributed by atoms with Crippen LogP contribution in [0, 0.1) is 11.8 Å². The van der Waals surface area contributed by atoms with Gasteiger partial charge >= 0.3 is 0 Å². The highest BCUT2D eigenvalue weighted by atomic mass is 16.3. The minimum atomic E-state index is 0.622. The van der Waals surface area contributed by atoms with Crippen LogP contribution in [0.15, 0.2) is 11.5 Å². The predicted octanol–water partition coefficient (Wildman–Crippen LogP) is 3.74. The van der Waals surface area contributed by atoms with E-state index in [0.717, 1.165) is 18.5 Å². The summed E-state index contributed by atoms with van der Waals surface area (Å²) < 4.78 is 0. The second kappa shape index (κ2) is 5.11. The number of aliphatic hydroxyl groups excluding tert-OH is 1. The summed E-state index contributed by atoms with van der Waals surface area (Å²) in [7, 11) is 0. The number of nitrogens with one attached hydrogen (secondary N) is 1. The Bertz CT molecular complexity index is 264. The maximum absolute atomic E-state index is 9.96. The van der Waals surface area contributed by atoms with E-state index in [0.29, 0.717) is 23.6 Å². The molecule has 2 heteroatoms. The summed E-state index contributed by atoms with van der Waals surface area (Å²) in [5.74, 6) is 1.95. The molecule has 1 unspecified atom stereocenters. The largest absolute Gasteiger partial charge is 0.511 e. The highest BCUT2D eigenvalue weighted by Crippen LogP contribution is 2.34. The normalized spacial score (nSPS) is 27.8. The molecule has 16 heavy (non-hydrogen) atoms. The van der Waals surface area contributed by atoms with Gasteiger partial charge in [0.2, 0.25) is 0 Å². The van der Waals surface area contributed by atoms with Gasteiger partial charge in [-0.15, -0.1) is 0 Å². The van der Waals surface area contributed by atoms with E-state index in [1.165, 1.54) is 32.1 Å². The Balaban J connectivity index is 1.87. The van der Waals surface area contributed by atoms with E-state index in [4.69, 9.17) is 0 Å². The maximum Gasteiger partial charge on any atom is 0.111 e. The molecule has 2 aliphatic carbocycles. The van der Waals surface area contributed by atoms with Crippen molar-refractivity contribution in [2.45, 2.75) is 64.8 Å². The topological polar surface area (TPSA) is 32.3 Å². The molecule has 0 aromatic rings. The molecule has 2 rings (SSSR count). The van der Waals surface area contributed by atoms with Crippen LogP contribution in [0.25, 0.3) is 0 Å². The first kappa shape index (κ1) is 11.8. The molecule has 2 N–H and O–H groups in total. The van der Waals surface area contributed by atoms with E-state index in [-0.39, 0.29) is 0 Å². The highest BCUT2D eigenvalue weighted by molar-refractivity contribution is 5.15. The highest BCUT2D eigenvalue weighted by Gasteiger charge is 2.27. The molecule has 2 nitrogen and oxygen atoms in total. The van der Waals surface area contributed by atoms with E-state index in [9.17, 15) is 5.11 Å². The molecule has 0 aromatic heterocycles. The van der Waals surface area contributed by atoms with Crippen molar-refractivity contribution in [3.63, 3.8) is 0 Å². The number of aliphatic hydroxyl groups is 1. The van der Waals surface area contributed by atoms with Crippen molar-refractivity contribution in [3.8, 4) is 0 Å². The first-order chi connectivity index (χ1) is 7.66. The Morgan fingerprint density at radius 1 is 1.12 bits per heavy atom. The monoisotopic (exact) mass is 223 g/mol. The van der Waals surface area contributed by atoms with Crippen LogP contribution in [0.5, 0.6) is 0 Å². The van der Waals surface area contributed by atoms with Crippen LogP contribution in [-0.2, 0) is 0 Å². The summed E-state index contributed by atoms with van der Waals surface area (Å²) in [5.41, 5.74) is 1.14. The van der Waals surface area contributed by atoms with E-state index < -0.39 is 0 Å². The second-order valence-corrected chi connectivity index (χ2v) is 5.82. The summed E-state index contributed by atoms with van der Waals surface area (Å²) in [6, 6.07) is 0.622. The fourth-order valence-corrected chi connectivity index (χ4v) is 2.93. The maximum atomic E-state index is 9.96. The van der Waals surface area contributed by atoms with Crippen LogP contribution in [0.2, 0.25) is 0 Å². The van der Waals surface area contributed by atoms with Gasteiger partial charge in [-0.1, -0.05) is 33.1 Å². The molecule has 1 saturated carbocycles. The summed E-state index contributed by atoms with van der Waals surface area (Å²) >= 11 is 0. The zero-order valence-electron chi connectivity index (χ0n) is 10.6. The van der Waals surface area contributed by atoms with Crippen molar-refractivity contribution in [1.29, 1.82) is 0 Å². The summed E-state index contributed by atoms with van der Waals surface area (Å²) in [5, 5.41) is 13.5. The number of rotatable bonds is 3. The quantitative estimate of drug-likeness (QED) is 0.764. The molecule has 1 fully saturated rings. The molecule has 92 valence electrons. The molecule has 0 spiro atoms. The van der Waals surface area contributed by atoms with Crippen molar-refractivity contribution in [2.75, 3.05) is 0 Å². The fourth-order valence-electron chi connectivity index (χ4n) is 2.93. The van der Waals surface area contributed by atoms with Crippen LogP contribution in [0.1, 0.15) is 58.8 Å². The predicted molar refractivity (Wildman–Crippen MR) is 67.2 cm³/mol. The molecule has 0 bridgehead atoms. The lowest BCUT2D eigenvalue weighted by Crippen LogP contribution is -2.30. The van der Waals surface area contributed by atoms with Crippen LogP contribution in [-0.4, -0.2) is 11.1 Å². The van der Waals surface area contributed by atoms with Crippen molar-refractivity contribution in [2.24, 2.45) is 11.8 Å². The van der Waals surface area contributed by atoms with Gasteiger partial charge < -0.3 is 10.4 Å². The zero-order chi connectivity index (χ0) is 11.5. The fraction of sp³-hybridized carbons (Fsp3) is 0.857. The Hall–Kier alpha value is -0.660. The third-order valence-electron chi connectivity index (χ3n) is 4.20. The van der Waals surface area contributed by atoms with Gasteiger partial charge in [-0.05, 0) is 31.1 Å². The average Bonchev–Trinajstić information content (AvgIpc) is 2.62. The van der Waals surface area contributed by atoms with Gasteiger partial charge in [-0.3, -0.25) is 0 Å². The average molecular weight is 223 g/mol. The molecule has 1 atom stereocenters. The van der Waals surface area contributed by atoms with Crippen molar-refractivity contribution in [1.82, 2.24) is 5.32 Å². The van der Waals surface area contributed by atoms with E-state index in [1.807, 2.05) is 0 Å². The number of hydrogen-bond donors (Lipinski definition) is 2. The summed E-state index contributed by atoms with van der Waals surface area (Å²) in [6.45, 7) is 4.50. The van der Waals surface area contributed by atoms with Gasteiger partial charge in [-0.2, -0.15) is 0 Å². The van der Waals surface area contributed by atoms with Crippen LogP contribution < -0.4 is 5.32 Å². The molecule has 0 saturated heterocycles. The SMILES string of the molecule is CC(C)C1CC(O)=C(NC2CCCCC2)C1. The standard InChI is InChI=1S/C14H25NO/c1-10(2)11-8-13(14(16)9-11)15-12-6-4-3-5-7-12/h10-12,15-16H,3-9H2,1-2H3. The van der Waals surface area contributed by atoms with Crippen LogP contribution in [0.4, 0.5) is 0 Å². The van der Waals surface area contributed by atoms with Gasteiger partial charge in [0.1, 0.15) is 5.76 Å². The number of hydrogen-bond acceptors (Lipinski definition) is 2. The summed E-state index contributed by atoms with van der Waals surface area (Å²) in [4.78, 5) is 0. The molecule has 0 heterocycles. The van der Waals surface area contributed by atoms with Gasteiger partial charge in [-0.25, -0.2) is 0 Å². The third-order valence-corrected chi connectivity index (χ3v) is 4.20. The van der Waals surface area contributed by atoms with Gasteiger partial charge in [0.25, 0.3) is 0 Å². The first-order valence-corrected chi connectivity index (χ1v) is 6.84. The molecule has 2 aliphatic rings. The minimum Gasteiger partial charge on any atom is -0.511 e. The van der Waals surface area contributed by atoms with Crippen LogP contribution >= 0.6 is 0 Å². The lowest BCUT2D eigenvalue weighted by Gasteiger charge is -2.25. The smallest absolute Gasteiger partial charge is 0.111 e. The van der Waals surface area contributed by atoms with Crippen molar-refractivity contribution < 1.29 is 5.11 Å². The second-order valence-electron chi connectivity index (χ2n) is 5.82. The van der Waals surface area contributed by atoms with Gasteiger partial charge in [0.05, 0.1) is 0 Å². The van der Waals surface area contributed by atoms with E-state index >= 15 is 0 Å².